The number of carbonyl (C=O) groups is 2. The summed E-state index contributed by atoms with van der Waals surface area (Å²) < 4.78 is 16.8. The molecule has 26 heavy (non-hydrogen) atoms. The van der Waals surface area contributed by atoms with Crippen LogP contribution in [0.2, 0.25) is 0 Å². The van der Waals surface area contributed by atoms with Crippen molar-refractivity contribution in [2.75, 3.05) is 0 Å². The Bertz CT molecular complexity index is 702. The van der Waals surface area contributed by atoms with E-state index in [4.69, 9.17) is 0 Å². The van der Waals surface area contributed by atoms with E-state index in [2.05, 4.69) is 0 Å². The second-order valence-corrected chi connectivity index (χ2v) is 9.60. The van der Waals surface area contributed by atoms with Crippen molar-refractivity contribution in [2.24, 2.45) is 28.6 Å². The summed E-state index contributed by atoms with van der Waals surface area (Å²) in [5.41, 5.74) is -2.40. The van der Waals surface area contributed by atoms with Gasteiger partial charge in [-0.15, -0.1) is 0 Å². The normalized spacial score (nSPS) is 53.4. The lowest BCUT2D eigenvalue weighted by atomic mass is 9.44. The van der Waals surface area contributed by atoms with Gasteiger partial charge in [0, 0.05) is 23.7 Å². The van der Waals surface area contributed by atoms with Gasteiger partial charge in [-0.1, -0.05) is 19.4 Å². The van der Waals surface area contributed by atoms with E-state index in [0.717, 1.165) is 5.57 Å². The second-order valence-electron chi connectivity index (χ2n) is 9.60. The van der Waals surface area contributed by atoms with Gasteiger partial charge >= 0.3 is 0 Å². The minimum Gasteiger partial charge on any atom is -0.392 e. The molecule has 0 bridgehead atoms. The van der Waals surface area contributed by atoms with E-state index >= 15 is 4.39 Å². The predicted molar refractivity (Wildman–Crippen MR) is 94.0 cm³/mol. The average molecular weight is 364 g/mol. The Kier molecular flexibility index (Phi) is 3.86. The Hall–Kier alpha value is -1.07. The highest BCUT2D eigenvalue weighted by Gasteiger charge is 2.72. The number of alkyl halides is 1. The maximum absolute atomic E-state index is 16.8. The Morgan fingerprint density at radius 1 is 1.23 bits per heavy atom. The van der Waals surface area contributed by atoms with Crippen molar-refractivity contribution in [1.82, 2.24) is 0 Å². The summed E-state index contributed by atoms with van der Waals surface area (Å²) in [5.74, 6) is -1.10. The molecule has 4 rings (SSSR count). The van der Waals surface area contributed by atoms with Crippen LogP contribution in [-0.4, -0.2) is 39.7 Å². The topological polar surface area (TPSA) is 74.6 Å². The lowest BCUT2D eigenvalue weighted by Gasteiger charge is -2.62. The van der Waals surface area contributed by atoms with Crippen LogP contribution in [0.25, 0.3) is 0 Å². The highest BCUT2D eigenvalue weighted by Crippen LogP contribution is 2.69. The first-order valence-corrected chi connectivity index (χ1v) is 9.85. The summed E-state index contributed by atoms with van der Waals surface area (Å²) in [7, 11) is 0. The first-order valence-electron chi connectivity index (χ1n) is 9.85. The molecule has 0 aromatic rings. The molecule has 3 saturated carbocycles. The fourth-order valence-corrected chi connectivity index (χ4v) is 7.32. The second kappa shape index (κ2) is 5.48. The van der Waals surface area contributed by atoms with Crippen LogP contribution in [0.1, 0.15) is 59.3 Å². The number of halogens is 1. The molecule has 3 fully saturated rings. The van der Waals surface area contributed by atoms with Crippen molar-refractivity contribution < 1.29 is 24.2 Å². The van der Waals surface area contributed by atoms with Gasteiger partial charge < -0.3 is 10.2 Å². The van der Waals surface area contributed by atoms with Gasteiger partial charge in [0.15, 0.2) is 5.78 Å². The number of aliphatic hydroxyl groups excluding tert-OH is 2. The number of hydrogen-bond acceptors (Lipinski definition) is 4. The zero-order chi connectivity index (χ0) is 19.1. The smallest absolute Gasteiger partial charge is 0.155 e. The number of aliphatic hydroxyl groups is 2. The Morgan fingerprint density at radius 3 is 2.58 bits per heavy atom. The van der Waals surface area contributed by atoms with Gasteiger partial charge in [-0.05, 0) is 56.4 Å². The van der Waals surface area contributed by atoms with E-state index in [1.54, 1.807) is 6.08 Å². The molecule has 0 radical (unpaired) electrons. The number of fused-ring (bicyclic) bond motifs is 5. The Labute approximate surface area is 153 Å². The number of carbonyl (C=O) groups excluding carboxylic acids is 2. The van der Waals surface area contributed by atoms with Gasteiger partial charge in [0.1, 0.15) is 11.5 Å². The quantitative estimate of drug-likeness (QED) is 0.750. The van der Waals surface area contributed by atoms with Gasteiger partial charge in [-0.2, -0.15) is 0 Å². The van der Waals surface area contributed by atoms with Crippen molar-refractivity contribution in [3.8, 4) is 0 Å². The monoisotopic (exact) mass is 364 g/mol. The van der Waals surface area contributed by atoms with Crippen LogP contribution in [0.4, 0.5) is 4.39 Å². The van der Waals surface area contributed by atoms with Crippen molar-refractivity contribution in [2.45, 2.75) is 77.2 Å². The summed E-state index contributed by atoms with van der Waals surface area (Å²) in [4.78, 5) is 24.1. The van der Waals surface area contributed by atoms with Crippen LogP contribution in [0.3, 0.4) is 0 Å². The molecular formula is C21H29FO4. The maximum Gasteiger partial charge on any atom is 0.155 e. The third-order valence-electron chi connectivity index (χ3n) is 8.50. The van der Waals surface area contributed by atoms with E-state index < -0.39 is 40.5 Å². The molecule has 0 saturated heterocycles. The molecule has 8 atom stereocenters. The largest absolute Gasteiger partial charge is 0.392 e. The SMILES string of the molecule is CC(=O)[C@H]1[C@H](O)C[C@H]2[C@@H]3CCC4=CC(=O)CC[C@]4(C)[C@@]3(F)[C@H](O)C[C@@]21C. The predicted octanol–water partition coefficient (Wildman–Crippen LogP) is 2.76. The zero-order valence-corrected chi connectivity index (χ0v) is 15.8. The Morgan fingerprint density at radius 2 is 1.92 bits per heavy atom. The summed E-state index contributed by atoms with van der Waals surface area (Å²) in [6, 6.07) is 0. The van der Waals surface area contributed by atoms with E-state index in [0.29, 0.717) is 32.1 Å². The zero-order valence-electron chi connectivity index (χ0n) is 15.8. The molecule has 4 aliphatic carbocycles. The van der Waals surface area contributed by atoms with Crippen LogP contribution >= 0.6 is 0 Å². The first-order chi connectivity index (χ1) is 12.1. The summed E-state index contributed by atoms with van der Waals surface area (Å²) in [5, 5.41) is 21.6. The van der Waals surface area contributed by atoms with Crippen LogP contribution < -0.4 is 0 Å². The molecule has 0 amide bonds. The van der Waals surface area contributed by atoms with E-state index in [1.807, 2.05) is 13.8 Å². The molecule has 0 heterocycles. The third kappa shape index (κ3) is 2.02. The van der Waals surface area contributed by atoms with Crippen molar-refractivity contribution in [1.29, 1.82) is 0 Å². The first kappa shape index (κ1) is 18.3. The molecule has 0 unspecified atom stereocenters. The maximum atomic E-state index is 16.8. The third-order valence-corrected chi connectivity index (χ3v) is 8.50. The van der Waals surface area contributed by atoms with Crippen LogP contribution in [0.15, 0.2) is 11.6 Å². The number of Topliss-reactive ketones (excluding diaryl/α,β-unsaturated/α-hetero) is 1. The van der Waals surface area contributed by atoms with Gasteiger partial charge in [-0.25, -0.2) is 4.39 Å². The fourth-order valence-electron chi connectivity index (χ4n) is 7.32. The van der Waals surface area contributed by atoms with E-state index in [9.17, 15) is 19.8 Å². The minimum absolute atomic E-state index is 0.0441. The number of rotatable bonds is 1. The number of ketones is 2. The number of hydrogen-bond donors (Lipinski definition) is 2. The summed E-state index contributed by atoms with van der Waals surface area (Å²) in [6.07, 6.45) is 2.18. The van der Waals surface area contributed by atoms with Crippen LogP contribution in [0, 0.1) is 28.6 Å². The minimum atomic E-state index is -1.81. The Balaban J connectivity index is 1.81. The fraction of sp³-hybridized carbons (Fsp3) is 0.810. The lowest BCUT2D eigenvalue weighted by molar-refractivity contribution is -0.208. The molecule has 5 heteroatoms. The van der Waals surface area contributed by atoms with Gasteiger partial charge in [0.2, 0.25) is 0 Å². The molecule has 0 aromatic carbocycles. The highest BCUT2D eigenvalue weighted by molar-refractivity contribution is 5.91. The van der Waals surface area contributed by atoms with Crippen molar-refractivity contribution in [3.63, 3.8) is 0 Å². The molecular weight excluding hydrogens is 335 g/mol. The molecule has 0 aliphatic heterocycles. The highest BCUT2D eigenvalue weighted by atomic mass is 19.1. The molecule has 2 N–H and O–H groups in total. The molecule has 0 spiro atoms. The molecule has 4 nitrogen and oxygen atoms in total. The van der Waals surface area contributed by atoms with Crippen molar-refractivity contribution in [3.05, 3.63) is 11.6 Å². The summed E-state index contributed by atoms with van der Waals surface area (Å²) >= 11 is 0. The van der Waals surface area contributed by atoms with Crippen molar-refractivity contribution >= 4 is 11.6 Å². The van der Waals surface area contributed by atoms with Crippen LogP contribution in [0.5, 0.6) is 0 Å². The molecule has 144 valence electrons. The van der Waals surface area contributed by atoms with Gasteiger partial charge in [0.05, 0.1) is 12.2 Å². The van der Waals surface area contributed by atoms with Gasteiger partial charge in [0.25, 0.3) is 0 Å². The van der Waals surface area contributed by atoms with E-state index in [-0.39, 0.29) is 23.9 Å². The van der Waals surface area contributed by atoms with Gasteiger partial charge in [-0.3, -0.25) is 9.59 Å². The van der Waals surface area contributed by atoms with Crippen LogP contribution in [-0.2, 0) is 9.59 Å². The molecule has 0 aromatic heterocycles. The van der Waals surface area contributed by atoms with E-state index in [1.165, 1.54) is 6.92 Å². The average Bonchev–Trinajstić information content (AvgIpc) is 2.80. The standard InChI is InChI=1S/C21H29FO4/c1-11(23)18-16(25)9-15-14-5-4-12-8-13(24)6-7-20(12,3)21(14,22)17(26)10-19(15,18)2/h8,14-18,25-26H,4-7,9-10H2,1-3H3/t14-,15-,16+,17+,18-,19-,20-,21-/m0/s1. The number of allylic oxidation sites excluding steroid dienone is 1. The molecule has 4 aliphatic rings. The lowest BCUT2D eigenvalue weighted by Crippen LogP contribution is -2.67. The summed E-state index contributed by atoms with van der Waals surface area (Å²) in [6.45, 7) is 5.29.